The minimum atomic E-state index is 0.0986. The Morgan fingerprint density at radius 2 is 1.84 bits per heavy atom. The van der Waals surface area contributed by atoms with E-state index in [1.54, 1.807) is 11.3 Å². The highest BCUT2D eigenvalue weighted by atomic mass is 32.1. The van der Waals surface area contributed by atoms with Crippen LogP contribution in [0.2, 0.25) is 0 Å². The van der Waals surface area contributed by atoms with Crippen LogP contribution in [0.5, 0.6) is 0 Å². The molecule has 0 saturated heterocycles. The molecule has 1 atom stereocenters. The molecule has 0 spiro atoms. The average Bonchev–Trinajstić information content (AvgIpc) is 2.75. The average molecular weight is 276 g/mol. The number of aryl methyl sites for hydroxylation is 2. The number of thiazole rings is 1. The fourth-order valence-electron chi connectivity index (χ4n) is 2.08. The number of aliphatic hydroxyl groups is 1. The Balaban J connectivity index is 1.96. The van der Waals surface area contributed by atoms with Gasteiger partial charge in [-0.2, -0.15) is 0 Å². The molecule has 3 nitrogen and oxygen atoms in total. The molecular formula is C15H20N2OS. The molecule has 0 aliphatic carbocycles. The van der Waals surface area contributed by atoms with Crippen molar-refractivity contribution in [2.75, 3.05) is 0 Å². The normalized spacial score (nSPS) is 12.6. The van der Waals surface area contributed by atoms with E-state index in [1.807, 2.05) is 31.2 Å². The maximum atomic E-state index is 9.01. The number of nitrogens with one attached hydrogen (secondary N) is 1. The maximum Gasteiger partial charge on any atom is 0.0900 e. The summed E-state index contributed by atoms with van der Waals surface area (Å²) in [6.07, 6.45) is 0. The predicted octanol–water partition coefficient (Wildman–Crippen LogP) is 3.10. The molecule has 4 heteroatoms. The zero-order valence-corrected chi connectivity index (χ0v) is 12.4. The van der Waals surface area contributed by atoms with Gasteiger partial charge in [-0.1, -0.05) is 24.3 Å². The number of nitrogens with zero attached hydrogens (tertiary/aromatic N) is 1. The summed E-state index contributed by atoms with van der Waals surface area (Å²) in [6.45, 7) is 7.21. The quantitative estimate of drug-likeness (QED) is 0.882. The van der Waals surface area contributed by atoms with Crippen molar-refractivity contribution < 1.29 is 5.11 Å². The molecule has 1 aromatic carbocycles. The lowest BCUT2D eigenvalue weighted by Crippen LogP contribution is -2.19. The summed E-state index contributed by atoms with van der Waals surface area (Å²) in [5.41, 5.74) is 3.31. The second-order valence-electron chi connectivity index (χ2n) is 4.75. The molecule has 0 radical (unpaired) electrons. The molecule has 2 rings (SSSR count). The predicted molar refractivity (Wildman–Crippen MR) is 79.2 cm³/mol. The Bertz CT molecular complexity index is 534. The van der Waals surface area contributed by atoms with Gasteiger partial charge >= 0.3 is 0 Å². The van der Waals surface area contributed by atoms with Gasteiger partial charge in [0.25, 0.3) is 0 Å². The number of hydrogen-bond acceptors (Lipinski definition) is 4. The Hall–Kier alpha value is -1.23. The summed E-state index contributed by atoms with van der Waals surface area (Å²) >= 11 is 1.75. The van der Waals surface area contributed by atoms with Crippen LogP contribution in [0.4, 0.5) is 0 Å². The number of aliphatic hydroxyl groups excluding tert-OH is 1. The Morgan fingerprint density at radius 1 is 1.21 bits per heavy atom. The lowest BCUT2D eigenvalue weighted by atomic mass is 10.1. The number of rotatable bonds is 5. The van der Waals surface area contributed by atoms with E-state index in [4.69, 9.17) is 5.11 Å². The first kappa shape index (κ1) is 14.2. The second kappa shape index (κ2) is 6.28. The number of aromatic nitrogens is 1. The fraction of sp³-hybridized carbons (Fsp3) is 0.400. The number of benzene rings is 1. The Labute approximate surface area is 118 Å². The van der Waals surface area contributed by atoms with E-state index < -0.39 is 0 Å². The van der Waals surface area contributed by atoms with Gasteiger partial charge in [0.2, 0.25) is 0 Å². The first-order valence-electron chi connectivity index (χ1n) is 6.46. The molecule has 0 fully saturated rings. The van der Waals surface area contributed by atoms with Crippen LogP contribution < -0.4 is 5.32 Å². The van der Waals surface area contributed by atoms with Crippen LogP contribution in [0.1, 0.15) is 39.7 Å². The minimum Gasteiger partial charge on any atom is -0.392 e. The summed E-state index contributed by atoms with van der Waals surface area (Å²) in [5, 5.41) is 13.6. The van der Waals surface area contributed by atoms with Crippen LogP contribution in [-0.4, -0.2) is 10.1 Å². The van der Waals surface area contributed by atoms with Crippen molar-refractivity contribution in [2.45, 2.75) is 40.0 Å². The van der Waals surface area contributed by atoms with Crippen LogP contribution in [0.15, 0.2) is 24.3 Å². The van der Waals surface area contributed by atoms with Crippen LogP contribution in [0, 0.1) is 13.8 Å². The van der Waals surface area contributed by atoms with Gasteiger partial charge in [-0.15, -0.1) is 11.3 Å². The third-order valence-corrected chi connectivity index (χ3v) is 4.07. The smallest absolute Gasteiger partial charge is 0.0900 e. The van der Waals surface area contributed by atoms with E-state index in [2.05, 4.69) is 24.1 Å². The number of hydrogen-bond donors (Lipinski definition) is 2. The van der Waals surface area contributed by atoms with E-state index in [-0.39, 0.29) is 12.6 Å². The molecule has 1 unspecified atom stereocenters. The van der Waals surface area contributed by atoms with Gasteiger partial charge in [0.05, 0.1) is 17.3 Å². The summed E-state index contributed by atoms with van der Waals surface area (Å²) in [4.78, 5) is 5.86. The van der Waals surface area contributed by atoms with Crippen molar-refractivity contribution in [3.8, 4) is 0 Å². The van der Waals surface area contributed by atoms with E-state index >= 15 is 0 Å². The summed E-state index contributed by atoms with van der Waals surface area (Å²) in [5.74, 6) is 0. The molecule has 2 aromatic rings. The highest BCUT2D eigenvalue weighted by molar-refractivity contribution is 7.11. The van der Waals surface area contributed by atoms with Crippen molar-refractivity contribution >= 4 is 11.3 Å². The molecule has 0 bridgehead atoms. The molecule has 0 aliphatic heterocycles. The second-order valence-corrected chi connectivity index (χ2v) is 6.16. The topological polar surface area (TPSA) is 45.2 Å². The van der Waals surface area contributed by atoms with Crippen LogP contribution in [0.3, 0.4) is 0 Å². The lowest BCUT2D eigenvalue weighted by molar-refractivity contribution is 0.282. The van der Waals surface area contributed by atoms with Gasteiger partial charge in [0.1, 0.15) is 0 Å². The van der Waals surface area contributed by atoms with Crippen LogP contribution in [-0.2, 0) is 13.2 Å². The van der Waals surface area contributed by atoms with Crippen molar-refractivity contribution in [1.82, 2.24) is 10.3 Å². The SMILES string of the molecule is Cc1nc(C(C)NCc2ccc(CO)cc2)c(C)s1. The van der Waals surface area contributed by atoms with Crippen molar-refractivity contribution in [1.29, 1.82) is 0 Å². The molecule has 102 valence electrons. The van der Waals surface area contributed by atoms with E-state index in [9.17, 15) is 0 Å². The van der Waals surface area contributed by atoms with E-state index in [0.717, 1.165) is 22.8 Å². The van der Waals surface area contributed by atoms with Gasteiger partial charge in [-0.05, 0) is 31.9 Å². The van der Waals surface area contributed by atoms with Gasteiger partial charge in [0.15, 0.2) is 0 Å². The van der Waals surface area contributed by atoms with Crippen molar-refractivity contribution in [3.05, 3.63) is 51.0 Å². The van der Waals surface area contributed by atoms with Crippen molar-refractivity contribution in [3.63, 3.8) is 0 Å². The van der Waals surface area contributed by atoms with Gasteiger partial charge in [0, 0.05) is 17.5 Å². The molecule has 0 aliphatic rings. The summed E-state index contributed by atoms with van der Waals surface area (Å²) < 4.78 is 0. The van der Waals surface area contributed by atoms with E-state index in [1.165, 1.54) is 10.4 Å². The highest BCUT2D eigenvalue weighted by Crippen LogP contribution is 2.22. The zero-order valence-electron chi connectivity index (χ0n) is 11.6. The third-order valence-electron chi connectivity index (χ3n) is 3.17. The first-order valence-corrected chi connectivity index (χ1v) is 7.27. The third kappa shape index (κ3) is 3.62. The Morgan fingerprint density at radius 3 is 2.37 bits per heavy atom. The minimum absolute atomic E-state index is 0.0986. The molecule has 19 heavy (non-hydrogen) atoms. The molecular weight excluding hydrogens is 256 g/mol. The largest absolute Gasteiger partial charge is 0.392 e. The summed E-state index contributed by atoms with van der Waals surface area (Å²) in [6, 6.07) is 8.26. The van der Waals surface area contributed by atoms with Gasteiger partial charge in [-0.3, -0.25) is 0 Å². The fourth-order valence-corrected chi connectivity index (χ4v) is 2.99. The van der Waals surface area contributed by atoms with Crippen LogP contribution >= 0.6 is 11.3 Å². The lowest BCUT2D eigenvalue weighted by Gasteiger charge is -2.13. The van der Waals surface area contributed by atoms with Crippen molar-refractivity contribution in [2.24, 2.45) is 0 Å². The zero-order chi connectivity index (χ0) is 13.8. The summed E-state index contributed by atoms with van der Waals surface area (Å²) in [7, 11) is 0. The van der Waals surface area contributed by atoms with Gasteiger partial charge < -0.3 is 10.4 Å². The maximum absolute atomic E-state index is 9.01. The highest BCUT2D eigenvalue weighted by Gasteiger charge is 2.12. The molecule has 0 amide bonds. The molecule has 2 N–H and O–H groups in total. The Kier molecular flexibility index (Phi) is 4.69. The van der Waals surface area contributed by atoms with Crippen LogP contribution in [0.25, 0.3) is 0 Å². The molecule has 1 aromatic heterocycles. The van der Waals surface area contributed by atoms with E-state index in [0.29, 0.717) is 0 Å². The standard InChI is InChI=1S/C15H20N2OS/c1-10(15-11(2)19-12(3)17-15)16-8-13-4-6-14(9-18)7-5-13/h4-7,10,16,18H,8-9H2,1-3H3. The monoisotopic (exact) mass is 276 g/mol. The molecule has 0 saturated carbocycles. The molecule has 1 heterocycles. The van der Waals surface area contributed by atoms with Gasteiger partial charge in [-0.25, -0.2) is 4.98 Å². The first-order chi connectivity index (χ1) is 9.10.